The molecule has 0 spiro atoms. The average Bonchev–Trinajstić information content (AvgIpc) is 3.06. The number of hydrogen-bond donors (Lipinski definition) is 0. The molecule has 1 aromatic heterocycles. The Bertz CT molecular complexity index is 792. The highest BCUT2D eigenvalue weighted by atomic mass is 35.5. The third kappa shape index (κ3) is 4.28. The van der Waals surface area contributed by atoms with Crippen LogP contribution in [0.5, 0.6) is 0 Å². The number of fused-ring (bicyclic) bond motifs is 3. The summed E-state index contributed by atoms with van der Waals surface area (Å²) in [6.07, 6.45) is 1.59. The molecule has 3 aliphatic heterocycles. The number of nitrogens with zero attached hydrogens (tertiary/aromatic N) is 2. The van der Waals surface area contributed by atoms with Crippen molar-refractivity contribution in [2.45, 2.75) is 32.4 Å². The quantitative estimate of drug-likeness (QED) is 0.721. The number of benzene rings is 1. The van der Waals surface area contributed by atoms with Crippen LogP contribution in [0, 0.1) is 18.7 Å². The highest BCUT2D eigenvalue weighted by Gasteiger charge is 2.37. The highest BCUT2D eigenvalue weighted by Crippen LogP contribution is 2.31. The molecule has 0 N–H and O–H groups in total. The van der Waals surface area contributed by atoms with Gasteiger partial charge in [0.2, 0.25) is 0 Å². The number of carbonyl (C=O) groups excluding carboxylic acids is 1. The molecule has 0 saturated carbocycles. The fourth-order valence-electron chi connectivity index (χ4n) is 3.87. The molecule has 3 aliphatic rings. The molecular formula is C20H24ClFN2O2S. The highest BCUT2D eigenvalue weighted by molar-refractivity contribution is 7.10. The zero-order valence-corrected chi connectivity index (χ0v) is 16.9. The molecule has 27 heavy (non-hydrogen) atoms. The fourth-order valence-corrected chi connectivity index (χ4v) is 4.76. The lowest BCUT2D eigenvalue weighted by Crippen LogP contribution is -2.53. The third-order valence-corrected chi connectivity index (χ3v) is 6.49. The number of anilines is 1. The molecule has 146 valence electrons. The molecule has 5 rings (SSSR count). The minimum atomic E-state index is -0.457. The van der Waals surface area contributed by atoms with Crippen molar-refractivity contribution in [3.63, 3.8) is 0 Å². The number of halogens is 2. The van der Waals surface area contributed by atoms with Gasteiger partial charge in [-0.2, -0.15) is 0 Å². The Hall–Kier alpha value is -1.63. The van der Waals surface area contributed by atoms with Gasteiger partial charge in [0, 0.05) is 11.4 Å². The third-order valence-electron chi connectivity index (χ3n) is 5.48. The Morgan fingerprint density at radius 1 is 1.30 bits per heavy atom. The van der Waals surface area contributed by atoms with Crippen molar-refractivity contribution in [2.75, 3.05) is 24.5 Å². The Kier molecular flexibility index (Phi) is 6.40. The lowest BCUT2D eigenvalue weighted by Gasteiger charge is -2.44. The molecule has 2 aromatic rings. The van der Waals surface area contributed by atoms with E-state index >= 15 is 0 Å². The van der Waals surface area contributed by atoms with Crippen LogP contribution in [-0.2, 0) is 11.3 Å². The summed E-state index contributed by atoms with van der Waals surface area (Å²) in [6, 6.07) is 8.40. The lowest BCUT2D eigenvalue weighted by atomic mass is 9.86. The topological polar surface area (TPSA) is 32.8 Å². The standard InChI is InChI=1S/C20H23FN2O2S.ClH/c1-14-8-11-26-19(14)13-23(17-5-3-2-4-16(17)21)20(24)25-18-12-22-9-6-15(18)7-10-22;/h2-5,8,11,15,18H,6-7,9-10,12-13H2,1H3;1H/t18-;/m0./s1. The van der Waals surface area contributed by atoms with Gasteiger partial charge in [-0.25, -0.2) is 9.18 Å². The molecule has 0 radical (unpaired) electrons. The van der Waals surface area contributed by atoms with Crippen molar-refractivity contribution < 1.29 is 13.9 Å². The predicted octanol–water partition coefficient (Wildman–Crippen LogP) is 4.85. The number of para-hydroxylation sites is 1. The summed E-state index contributed by atoms with van der Waals surface area (Å²) in [5.74, 6) is 0.0162. The van der Waals surface area contributed by atoms with Gasteiger partial charge >= 0.3 is 6.09 Å². The van der Waals surface area contributed by atoms with Crippen LogP contribution in [0.25, 0.3) is 0 Å². The Labute approximate surface area is 169 Å². The van der Waals surface area contributed by atoms with E-state index in [-0.39, 0.29) is 24.2 Å². The molecule has 4 heterocycles. The molecular weight excluding hydrogens is 387 g/mol. The molecule has 1 atom stereocenters. The van der Waals surface area contributed by atoms with Gasteiger partial charge in [0.1, 0.15) is 11.9 Å². The van der Waals surface area contributed by atoms with E-state index in [9.17, 15) is 9.18 Å². The van der Waals surface area contributed by atoms with Gasteiger partial charge in [0.05, 0.1) is 12.2 Å². The summed E-state index contributed by atoms with van der Waals surface area (Å²) in [7, 11) is 0. The SMILES string of the molecule is Cc1ccsc1CN(C(=O)O[C@H]1CN2CCC1CC2)c1ccccc1F.Cl. The lowest BCUT2D eigenvalue weighted by molar-refractivity contribution is -0.0311. The zero-order chi connectivity index (χ0) is 18.1. The Balaban J connectivity index is 0.00000210. The summed E-state index contributed by atoms with van der Waals surface area (Å²) in [5, 5.41) is 1.99. The van der Waals surface area contributed by atoms with Gasteiger partial charge in [0.25, 0.3) is 0 Å². The van der Waals surface area contributed by atoms with Crippen LogP contribution in [0.2, 0.25) is 0 Å². The maximum absolute atomic E-state index is 14.4. The van der Waals surface area contributed by atoms with Crippen LogP contribution < -0.4 is 4.90 Å². The summed E-state index contributed by atoms with van der Waals surface area (Å²) in [6.45, 7) is 5.29. The number of piperidine rings is 3. The number of rotatable bonds is 4. The first-order valence-electron chi connectivity index (χ1n) is 9.10. The van der Waals surface area contributed by atoms with Crippen molar-refractivity contribution in [2.24, 2.45) is 5.92 Å². The van der Waals surface area contributed by atoms with Gasteiger partial charge in [0.15, 0.2) is 0 Å². The summed E-state index contributed by atoms with van der Waals surface area (Å²) >= 11 is 1.57. The largest absolute Gasteiger partial charge is 0.444 e. The van der Waals surface area contributed by atoms with E-state index in [1.165, 1.54) is 11.0 Å². The van der Waals surface area contributed by atoms with Crippen LogP contribution in [0.15, 0.2) is 35.7 Å². The van der Waals surface area contributed by atoms with E-state index in [2.05, 4.69) is 4.90 Å². The molecule has 0 unspecified atom stereocenters. The van der Waals surface area contributed by atoms with Crippen molar-refractivity contribution >= 4 is 35.5 Å². The van der Waals surface area contributed by atoms with Crippen LogP contribution in [0.1, 0.15) is 23.3 Å². The van der Waals surface area contributed by atoms with Gasteiger partial charge in [-0.3, -0.25) is 9.80 Å². The first-order valence-corrected chi connectivity index (χ1v) is 9.98. The molecule has 3 fully saturated rings. The second kappa shape index (κ2) is 8.59. The number of thiophene rings is 1. The molecule has 3 saturated heterocycles. The van der Waals surface area contributed by atoms with E-state index in [4.69, 9.17) is 4.74 Å². The first kappa shape index (κ1) is 20.1. The predicted molar refractivity (Wildman–Crippen MR) is 108 cm³/mol. The first-order chi connectivity index (χ1) is 12.6. The minimum absolute atomic E-state index is 0. The van der Waals surface area contributed by atoms with E-state index in [1.54, 1.807) is 29.5 Å². The smallest absolute Gasteiger partial charge is 0.415 e. The monoisotopic (exact) mass is 410 g/mol. The van der Waals surface area contributed by atoms with Crippen LogP contribution in [-0.4, -0.2) is 36.7 Å². The van der Waals surface area contributed by atoms with Gasteiger partial charge in [-0.1, -0.05) is 12.1 Å². The summed E-state index contributed by atoms with van der Waals surface area (Å²) in [4.78, 5) is 17.8. The maximum atomic E-state index is 14.4. The molecule has 1 aromatic carbocycles. The normalized spacial score (nSPS) is 23.6. The number of carbonyl (C=O) groups is 1. The number of amides is 1. The van der Waals surface area contributed by atoms with E-state index < -0.39 is 11.9 Å². The fraction of sp³-hybridized carbons (Fsp3) is 0.450. The average molecular weight is 411 g/mol. The summed E-state index contributed by atoms with van der Waals surface area (Å²) in [5.41, 5.74) is 1.37. The molecule has 0 aliphatic carbocycles. The van der Waals surface area contributed by atoms with Crippen LogP contribution >= 0.6 is 23.7 Å². The van der Waals surface area contributed by atoms with Crippen molar-refractivity contribution in [3.05, 3.63) is 52.0 Å². The number of aryl methyl sites for hydroxylation is 1. The maximum Gasteiger partial charge on any atom is 0.415 e. The zero-order valence-electron chi connectivity index (χ0n) is 15.3. The van der Waals surface area contributed by atoms with Crippen molar-refractivity contribution in [1.29, 1.82) is 0 Å². The molecule has 1 amide bonds. The molecule has 7 heteroatoms. The van der Waals surface area contributed by atoms with Gasteiger partial charge in [-0.05, 0) is 67.9 Å². The molecule has 4 nitrogen and oxygen atoms in total. The number of hydrogen-bond acceptors (Lipinski definition) is 4. The van der Waals surface area contributed by atoms with Crippen LogP contribution in [0.4, 0.5) is 14.9 Å². The van der Waals surface area contributed by atoms with E-state index in [0.29, 0.717) is 12.5 Å². The van der Waals surface area contributed by atoms with Crippen molar-refractivity contribution in [3.8, 4) is 0 Å². The van der Waals surface area contributed by atoms with Crippen LogP contribution in [0.3, 0.4) is 0 Å². The second-order valence-corrected chi connectivity index (χ2v) is 8.13. The Morgan fingerprint density at radius 2 is 2.04 bits per heavy atom. The van der Waals surface area contributed by atoms with Gasteiger partial charge < -0.3 is 4.74 Å². The summed E-state index contributed by atoms with van der Waals surface area (Å²) < 4.78 is 20.3. The van der Waals surface area contributed by atoms with E-state index in [0.717, 1.165) is 42.9 Å². The van der Waals surface area contributed by atoms with Gasteiger partial charge in [-0.15, -0.1) is 23.7 Å². The minimum Gasteiger partial charge on any atom is -0.444 e. The molecule has 2 bridgehead atoms. The second-order valence-electron chi connectivity index (χ2n) is 7.12. The van der Waals surface area contributed by atoms with Crippen molar-refractivity contribution in [1.82, 2.24) is 4.90 Å². The number of ether oxygens (including phenoxy) is 1. The van der Waals surface area contributed by atoms with E-state index in [1.807, 2.05) is 18.4 Å². The Morgan fingerprint density at radius 3 is 2.63 bits per heavy atom.